The van der Waals surface area contributed by atoms with Gasteiger partial charge in [0.1, 0.15) is 5.82 Å². The molecule has 1 amide bonds. The predicted octanol–water partition coefficient (Wildman–Crippen LogP) is 2.46. The van der Waals surface area contributed by atoms with Crippen LogP contribution in [-0.4, -0.2) is 20.6 Å². The number of pyridine rings is 1. The topological polar surface area (TPSA) is 73.8 Å². The molecule has 5 heteroatoms. The summed E-state index contributed by atoms with van der Waals surface area (Å²) in [6.07, 6.45) is 6.87. The van der Waals surface area contributed by atoms with Gasteiger partial charge in [-0.2, -0.15) is 0 Å². The third-order valence-electron chi connectivity index (χ3n) is 3.20. The molecule has 0 aliphatic heterocycles. The fourth-order valence-corrected chi connectivity index (χ4v) is 1.86. The Morgan fingerprint density at radius 3 is 2.89 bits per heavy atom. The molecule has 0 saturated heterocycles. The zero-order valence-corrected chi connectivity index (χ0v) is 11.2. The van der Waals surface area contributed by atoms with Crippen LogP contribution in [0.4, 0.5) is 4.79 Å². The van der Waals surface area contributed by atoms with Crippen LogP contribution in [-0.2, 0) is 6.42 Å². The van der Waals surface area contributed by atoms with Gasteiger partial charge in [0.05, 0.1) is 5.69 Å². The van der Waals surface area contributed by atoms with Crippen LogP contribution in [0.15, 0.2) is 30.7 Å². The van der Waals surface area contributed by atoms with Crippen molar-refractivity contribution in [3.8, 4) is 11.3 Å². The first-order valence-corrected chi connectivity index (χ1v) is 6.40. The van der Waals surface area contributed by atoms with Gasteiger partial charge < -0.3 is 5.73 Å². The highest BCUT2D eigenvalue weighted by Gasteiger charge is 2.14. The van der Waals surface area contributed by atoms with Gasteiger partial charge in [0.25, 0.3) is 0 Å². The van der Waals surface area contributed by atoms with Gasteiger partial charge in [0.15, 0.2) is 0 Å². The quantitative estimate of drug-likeness (QED) is 0.915. The lowest BCUT2D eigenvalue weighted by molar-refractivity contribution is 0.249. The van der Waals surface area contributed by atoms with Crippen molar-refractivity contribution in [2.45, 2.75) is 26.7 Å². The summed E-state index contributed by atoms with van der Waals surface area (Å²) in [5, 5.41) is 0. The average Bonchev–Trinajstić information content (AvgIpc) is 2.83. The maximum Gasteiger partial charge on any atom is 0.324 e. The van der Waals surface area contributed by atoms with E-state index in [1.54, 1.807) is 18.6 Å². The Kier molecular flexibility index (Phi) is 3.94. The first-order chi connectivity index (χ1) is 9.11. The lowest BCUT2D eigenvalue weighted by atomic mass is 10.1. The minimum atomic E-state index is -0.499. The number of primary amides is 1. The number of nitrogens with zero attached hydrogens (tertiary/aromatic N) is 3. The van der Waals surface area contributed by atoms with Gasteiger partial charge >= 0.3 is 6.03 Å². The molecule has 2 N–H and O–H groups in total. The molecule has 5 nitrogen and oxygen atoms in total. The third kappa shape index (κ3) is 2.99. The SMILES string of the molecule is CCC(C)Cc1nc(-c2cccnc2)cn1C(N)=O. The van der Waals surface area contributed by atoms with Crippen molar-refractivity contribution in [2.75, 3.05) is 0 Å². The van der Waals surface area contributed by atoms with E-state index < -0.39 is 6.03 Å². The number of aromatic nitrogens is 3. The third-order valence-corrected chi connectivity index (χ3v) is 3.20. The number of carbonyl (C=O) groups excluding carboxylic acids is 1. The average molecular weight is 258 g/mol. The van der Waals surface area contributed by atoms with Crippen molar-refractivity contribution in [1.82, 2.24) is 14.5 Å². The maximum absolute atomic E-state index is 11.5. The minimum absolute atomic E-state index is 0.460. The molecule has 1 unspecified atom stereocenters. The van der Waals surface area contributed by atoms with Gasteiger partial charge in [-0.05, 0) is 18.1 Å². The zero-order chi connectivity index (χ0) is 13.8. The van der Waals surface area contributed by atoms with E-state index in [0.717, 1.165) is 24.1 Å². The Hall–Kier alpha value is -2.17. The van der Waals surface area contributed by atoms with Crippen LogP contribution >= 0.6 is 0 Å². The monoisotopic (exact) mass is 258 g/mol. The lowest BCUT2D eigenvalue weighted by Crippen LogP contribution is -2.22. The number of hydrogen-bond acceptors (Lipinski definition) is 3. The largest absolute Gasteiger partial charge is 0.351 e. The van der Waals surface area contributed by atoms with Gasteiger partial charge in [0.2, 0.25) is 0 Å². The number of rotatable bonds is 4. The highest BCUT2D eigenvalue weighted by molar-refractivity contribution is 5.77. The molecule has 2 aromatic heterocycles. The first-order valence-electron chi connectivity index (χ1n) is 6.40. The van der Waals surface area contributed by atoms with Crippen molar-refractivity contribution in [3.63, 3.8) is 0 Å². The molecule has 100 valence electrons. The van der Waals surface area contributed by atoms with E-state index in [2.05, 4.69) is 23.8 Å². The van der Waals surface area contributed by atoms with Crippen LogP contribution < -0.4 is 5.73 Å². The summed E-state index contributed by atoms with van der Waals surface area (Å²) in [5.74, 6) is 1.17. The van der Waals surface area contributed by atoms with Gasteiger partial charge in [-0.25, -0.2) is 9.78 Å². The van der Waals surface area contributed by atoms with E-state index >= 15 is 0 Å². The number of imidazole rings is 1. The Labute approximate surface area is 112 Å². The molecule has 2 aromatic rings. The second kappa shape index (κ2) is 5.65. The van der Waals surface area contributed by atoms with Gasteiger partial charge in [-0.3, -0.25) is 9.55 Å². The Bertz CT molecular complexity index is 562. The minimum Gasteiger partial charge on any atom is -0.351 e. The smallest absolute Gasteiger partial charge is 0.324 e. The lowest BCUT2D eigenvalue weighted by Gasteiger charge is -2.07. The second-order valence-electron chi connectivity index (χ2n) is 4.71. The summed E-state index contributed by atoms with van der Waals surface area (Å²) < 4.78 is 1.43. The molecule has 2 heterocycles. The van der Waals surface area contributed by atoms with E-state index in [-0.39, 0.29) is 0 Å². The van der Waals surface area contributed by atoms with E-state index in [0.29, 0.717) is 11.7 Å². The predicted molar refractivity (Wildman–Crippen MR) is 73.6 cm³/mol. The maximum atomic E-state index is 11.5. The molecule has 0 aliphatic rings. The number of carbonyl (C=O) groups is 1. The van der Waals surface area contributed by atoms with Crippen LogP contribution in [0.2, 0.25) is 0 Å². The molecule has 2 rings (SSSR count). The highest BCUT2D eigenvalue weighted by Crippen LogP contribution is 2.19. The molecular weight excluding hydrogens is 240 g/mol. The summed E-state index contributed by atoms with van der Waals surface area (Å²) in [7, 11) is 0. The Morgan fingerprint density at radius 1 is 1.53 bits per heavy atom. The number of hydrogen-bond donors (Lipinski definition) is 1. The fraction of sp³-hybridized carbons (Fsp3) is 0.357. The standard InChI is InChI=1S/C14H18N4O/c1-3-10(2)7-13-17-12(9-18(13)14(15)19)11-5-4-6-16-8-11/h4-6,8-10H,3,7H2,1-2H3,(H2,15,19). The molecule has 0 spiro atoms. The second-order valence-corrected chi connectivity index (χ2v) is 4.71. The normalized spacial score (nSPS) is 12.3. The van der Waals surface area contributed by atoms with Crippen LogP contribution in [0.5, 0.6) is 0 Å². The molecule has 19 heavy (non-hydrogen) atoms. The molecule has 0 aromatic carbocycles. The van der Waals surface area contributed by atoms with Crippen LogP contribution in [0.1, 0.15) is 26.1 Å². The molecule has 1 atom stereocenters. The van der Waals surface area contributed by atoms with Gasteiger partial charge in [0, 0.05) is 30.6 Å². The Balaban J connectivity index is 2.38. The zero-order valence-electron chi connectivity index (χ0n) is 11.2. The van der Waals surface area contributed by atoms with Gasteiger partial charge in [-0.15, -0.1) is 0 Å². The molecule has 0 fully saturated rings. The van der Waals surface area contributed by atoms with Crippen LogP contribution in [0.3, 0.4) is 0 Å². The van der Waals surface area contributed by atoms with Gasteiger partial charge in [-0.1, -0.05) is 20.3 Å². The summed E-state index contributed by atoms with van der Waals surface area (Å²) in [5.41, 5.74) is 7.00. The van der Waals surface area contributed by atoms with Crippen molar-refractivity contribution >= 4 is 6.03 Å². The Morgan fingerprint density at radius 2 is 2.32 bits per heavy atom. The van der Waals surface area contributed by atoms with E-state index in [1.807, 2.05) is 12.1 Å². The summed E-state index contributed by atoms with van der Waals surface area (Å²) >= 11 is 0. The summed E-state index contributed by atoms with van der Waals surface area (Å²) in [4.78, 5) is 20.0. The van der Waals surface area contributed by atoms with Crippen LogP contribution in [0.25, 0.3) is 11.3 Å². The van der Waals surface area contributed by atoms with E-state index in [4.69, 9.17) is 5.73 Å². The van der Waals surface area contributed by atoms with Crippen LogP contribution in [0, 0.1) is 5.92 Å². The molecular formula is C14H18N4O. The highest BCUT2D eigenvalue weighted by atomic mass is 16.2. The van der Waals surface area contributed by atoms with Crippen molar-refractivity contribution in [3.05, 3.63) is 36.5 Å². The van der Waals surface area contributed by atoms with Crippen molar-refractivity contribution in [1.29, 1.82) is 0 Å². The summed E-state index contributed by atoms with van der Waals surface area (Å²) in [6.45, 7) is 4.24. The molecule has 0 aliphatic carbocycles. The molecule has 0 radical (unpaired) electrons. The van der Waals surface area contributed by atoms with E-state index in [9.17, 15) is 4.79 Å². The molecule has 0 bridgehead atoms. The summed E-state index contributed by atoms with van der Waals surface area (Å²) in [6, 6.07) is 3.25. The number of nitrogens with two attached hydrogens (primary N) is 1. The fourth-order valence-electron chi connectivity index (χ4n) is 1.86. The number of amides is 1. The first kappa shape index (κ1) is 13.3. The van der Waals surface area contributed by atoms with Crippen molar-refractivity contribution in [2.24, 2.45) is 11.7 Å². The van der Waals surface area contributed by atoms with Crippen molar-refractivity contribution < 1.29 is 4.79 Å². The molecule has 0 saturated carbocycles. The van der Waals surface area contributed by atoms with E-state index in [1.165, 1.54) is 4.57 Å².